The second-order valence-electron chi connectivity index (χ2n) is 5.29. The lowest BCUT2D eigenvalue weighted by atomic mass is 10.2. The summed E-state index contributed by atoms with van der Waals surface area (Å²) in [5, 5.41) is 13.7. The fourth-order valence-electron chi connectivity index (χ4n) is 1.57. The topological polar surface area (TPSA) is 120 Å². The molecule has 1 atom stereocenters. The zero-order valence-corrected chi connectivity index (χ0v) is 12.7. The number of aromatic nitrogens is 1. The van der Waals surface area contributed by atoms with E-state index in [1.54, 1.807) is 20.8 Å². The Hall–Kier alpha value is -1.93. The van der Waals surface area contributed by atoms with Crippen LogP contribution in [0.5, 0.6) is 0 Å². The number of amides is 1. The van der Waals surface area contributed by atoms with E-state index in [4.69, 9.17) is 22.1 Å². The van der Waals surface area contributed by atoms with Gasteiger partial charge in [-0.15, -0.1) is 0 Å². The zero-order valence-electron chi connectivity index (χ0n) is 11.9. The number of anilines is 1. The van der Waals surface area contributed by atoms with Crippen molar-refractivity contribution in [2.75, 3.05) is 5.32 Å². The molecule has 0 aliphatic rings. The number of carbonyl (C=O) groups excluding carboxylic acids is 1. The molecule has 0 aliphatic carbocycles. The second-order valence-corrected chi connectivity index (χ2v) is 5.68. The quantitative estimate of drug-likeness (QED) is 0.359. The predicted octanol–water partition coefficient (Wildman–Crippen LogP) is 2.07. The molecule has 21 heavy (non-hydrogen) atoms. The Morgan fingerprint density at radius 2 is 2.19 bits per heavy atom. The van der Waals surface area contributed by atoms with Crippen molar-refractivity contribution in [2.24, 2.45) is 5.73 Å². The van der Waals surface area contributed by atoms with Gasteiger partial charge in [-0.2, -0.15) is 0 Å². The molecule has 1 rings (SSSR count). The first-order valence-corrected chi connectivity index (χ1v) is 6.50. The number of hydrogen-bond acceptors (Lipinski definition) is 6. The number of nitrogens with zero attached hydrogens (tertiary/aromatic N) is 2. The van der Waals surface area contributed by atoms with Crippen molar-refractivity contribution in [1.82, 2.24) is 4.98 Å². The molecular formula is C12H17ClN4O4. The van der Waals surface area contributed by atoms with Crippen LogP contribution in [0.2, 0.25) is 5.15 Å². The largest absolute Gasteiger partial charge is 0.370 e. The van der Waals surface area contributed by atoms with Crippen LogP contribution < -0.4 is 11.1 Å². The maximum absolute atomic E-state index is 11.1. The molecule has 0 spiro atoms. The van der Waals surface area contributed by atoms with Gasteiger partial charge in [-0.1, -0.05) is 11.6 Å². The summed E-state index contributed by atoms with van der Waals surface area (Å²) in [5.41, 5.74) is 4.30. The minimum absolute atomic E-state index is 0.0803. The van der Waals surface area contributed by atoms with Crippen molar-refractivity contribution in [3.63, 3.8) is 0 Å². The van der Waals surface area contributed by atoms with Gasteiger partial charge in [-0.3, -0.25) is 14.9 Å². The van der Waals surface area contributed by atoms with Crippen LogP contribution in [0.15, 0.2) is 12.1 Å². The summed E-state index contributed by atoms with van der Waals surface area (Å²) >= 11 is 5.74. The van der Waals surface area contributed by atoms with Crippen LogP contribution in [-0.2, 0) is 9.53 Å². The smallest absolute Gasteiger partial charge is 0.311 e. The summed E-state index contributed by atoms with van der Waals surface area (Å²) in [5.74, 6) is -0.690. The molecule has 0 radical (unpaired) electrons. The normalized spacial score (nSPS) is 12.8. The SMILES string of the molecule is CC(C)(C)OC(CC(N)=O)Nc1nc(Cl)ccc1[N+](=O)[O-]. The molecule has 1 heterocycles. The fraction of sp³-hybridized carbons (Fsp3) is 0.500. The zero-order chi connectivity index (χ0) is 16.2. The Kier molecular flexibility index (Phi) is 5.45. The molecule has 1 aromatic heterocycles. The molecule has 0 fully saturated rings. The van der Waals surface area contributed by atoms with Crippen LogP contribution in [-0.4, -0.2) is 27.6 Å². The first-order chi connectivity index (χ1) is 9.58. The van der Waals surface area contributed by atoms with Crippen molar-refractivity contribution in [2.45, 2.75) is 39.0 Å². The molecular weight excluding hydrogens is 300 g/mol. The first kappa shape index (κ1) is 17.1. The lowest BCUT2D eigenvalue weighted by molar-refractivity contribution is -0.384. The molecule has 3 N–H and O–H groups in total. The number of primary amides is 1. The van der Waals surface area contributed by atoms with Gasteiger partial charge in [0.15, 0.2) is 0 Å². The molecule has 0 saturated carbocycles. The predicted molar refractivity (Wildman–Crippen MR) is 78.0 cm³/mol. The highest BCUT2D eigenvalue weighted by Gasteiger charge is 2.24. The molecule has 0 aromatic carbocycles. The van der Waals surface area contributed by atoms with Crippen LogP contribution >= 0.6 is 11.6 Å². The third-order valence-corrected chi connectivity index (χ3v) is 2.43. The Morgan fingerprint density at radius 3 is 2.67 bits per heavy atom. The number of carbonyl (C=O) groups is 1. The van der Waals surface area contributed by atoms with E-state index in [0.29, 0.717) is 0 Å². The van der Waals surface area contributed by atoms with Crippen LogP contribution in [0.1, 0.15) is 27.2 Å². The van der Waals surface area contributed by atoms with Gasteiger partial charge in [0.05, 0.1) is 16.9 Å². The highest BCUT2D eigenvalue weighted by atomic mass is 35.5. The van der Waals surface area contributed by atoms with E-state index >= 15 is 0 Å². The highest BCUT2D eigenvalue weighted by Crippen LogP contribution is 2.26. The van der Waals surface area contributed by atoms with Crippen LogP contribution in [0, 0.1) is 10.1 Å². The van der Waals surface area contributed by atoms with E-state index in [1.807, 2.05) is 0 Å². The molecule has 9 heteroatoms. The van der Waals surface area contributed by atoms with Gasteiger partial charge >= 0.3 is 5.69 Å². The molecule has 116 valence electrons. The summed E-state index contributed by atoms with van der Waals surface area (Å²) in [7, 11) is 0. The number of nitrogens with two attached hydrogens (primary N) is 1. The Balaban J connectivity index is 3.04. The van der Waals surface area contributed by atoms with E-state index < -0.39 is 22.7 Å². The first-order valence-electron chi connectivity index (χ1n) is 6.12. The van der Waals surface area contributed by atoms with Crippen LogP contribution in [0.3, 0.4) is 0 Å². The molecule has 0 bridgehead atoms. The van der Waals surface area contributed by atoms with Gasteiger partial charge in [0.25, 0.3) is 0 Å². The molecule has 0 saturated heterocycles. The van der Waals surface area contributed by atoms with Gasteiger partial charge in [-0.25, -0.2) is 4.98 Å². The summed E-state index contributed by atoms with van der Waals surface area (Å²) in [6.45, 7) is 5.34. The summed E-state index contributed by atoms with van der Waals surface area (Å²) in [6.07, 6.45) is -1.02. The van der Waals surface area contributed by atoms with Gasteiger partial charge in [0, 0.05) is 6.07 Å². The summed E-state index contributed by atoms with van der Waals surface area (Å²) in [6, 6.07) is 2.52. The molecule has 1 amide bonds. The minimum atomic E-state index is -0.854. The van der Waals surface area contributed by atoms with Crippen molar-refractivity contribution in [3.05, 3.63) is 27.4 Å². The van der Waals surface area contributed by atoms with E-state index in [-0.39, 0.29) is 23.1 Å². The maximum atomic E-state index is 11.1. The average molecular weight is 317 g/mol. The third-order valence-electron chi connectivity index (χ3n) is 2.22. The monoisotopic (exact) mass is 316 g/mol. The van der Waals surface area contributed by atoms with Crippen molar-refractivity contribution in [1.29, 1.82) is 0 Å². The van der Waals surface area contributed by atoms with Crippen molar-refractivity contribution >= 4 is 29.0 Å². The molecule has 1 unspecified atom stereocenters. The number of ether oxygens (including phenoxy) is 1. The minimum Gasteiger partial charge on any atom is -0.370 e. The standard InChI is InChI=1S/C12H17ClN4O4/c1-12(2,3)21-10(6-9(14)18)16-11-7(17(19)20)4-5-8(13)15-11/h4-5,10H,6H2,1-3H3,(H2,14,18)(H,15,16). The molecule has 0 aliphatic heterocycles. The van der Waals surface area contributed by atoms with Gasteiger partial charge in [0.1, 0.15) is 11.4 Å². The Labute approximate surface area is 126 Å². The van der Waals surface area contributed by atoms with Gasteiger partial charge < -0.3 is 15.8 Å². The average Bonchev–Trinajstić information content (AvgIpc) is 2.24. The number of halogens is 1. The Bertz CT molecular complexity index is 545. The third kappa shape index (κ3) is 5.92. The lowest BCUT2D eigenvalue weighted by Gasteiger charge is -2.27. The van der Waals surface area contributed by atoms with Crippen molar-refractivity contribution < 1.29 is 14.5 Å². The van der Waals surface area contributed by atoms with E-state index in [2.05, 4.69) is 10.3 Å². The number of nitro groups is 1. The summed E-state index contributed by atoms with van der Waals surface area (Å²) < 4.78 is 5.61. The van der Waals surface area contributed by atoms with Crippen LogP contribution in [0.25, 0.3) is 0 Å². The number of nitrogens with one attached hydrogen (secondary N) is 1. The van der Waals surface area contributed by atoms with E-state index in [0.717, 1.165) is 0 Å². The number of hydrogen-bond donors (Lipinski definition) is 2. The maximum Gasteiger partial charge on any atom is 0.311 e. The number of pyridine rings is 1. The fourth-order valence-corrected chi connectivity index (χ4v) is 1.71. The number of rotatable bonds is 6. The Morgan fingerprint density at radius 1 is 1.57 bits per heavy atom. The molecule has 8 nitrogen and oxygen atoms in total. The van der Waals surface area contributed by atoms with Gasteiger partial charge in [-0.05, 0) is 26.8 Å². The summed E-state index contributed by atoms with van der Waals surface area (Å²) in [4.78, 5) is 25.3. The molecule has 1 aromatic rings. The van der Waals surface area contributed by atoms with Crippen molar-refractivity contribution in [3.8, 4) is 0 Å². The van der Waals surface area contributed by atoms with Gasteiger partial charge in [0.2, 0.25) is 11.7 Å². The van der Waals surface area contributed by atoms with E-state index in [1.165, 1.54) is 12.1 Å². The highest BCUT2D eigenvalue weighted by molar-refractivity contribution is 6.29. The van der Waals surface area contributed by atoms with E-state index in [9.17, 15) is 14.9 Å². The van der Waals surface area contributed by atoms with Crippen LogP contribution in [0.4, 0.5) is 11.5 Å². The lowest BCUT2D eigenvalue weighted by Crippen LogP contribution is -2.36. The second kappa shape index (κ2) is 6.68.